The van der Waals surface area contributed by atoms with Gasteiger partial charge in [0, 0.05) is 5.33 Å². The van der Waals surface area contributed by atoms with Crippen LogP contribution in [0, 0.1) is 0 Å². The van der Waals surface area contributed by atoms with Gasteiger partial charge in [0.25, 0.3) is 0 Å². The van der Waals surface area contributed by atoms with E-state index in [4.69, 9.17) is 0 Å². The van der Waals surface area contributed by atoms with E-state index < -0.39 is 0 Å². The number of allylic oxidation sites excluding steroid dienone is 1. The summed E-state index contributed by atoms with van der Waals surface area (Å²) in [5, 5.41) is 1.10. The van der Waals surface area contributed by atoms with Crippen molar-refractivity contribution in [2.75, 3.05) is 5.33 Å². The van der Waals surface area contributed by atoms with Crippen LogP contribution in [0.5, 0.6) is 0 Å². The third-order valence-corrected chi connectivity index (χ3v) is 1.53. The van der Waals surface area contributed by atoms with Gasteiger partial charge >= 0.3 is 0 Å². The van der Waals surface area contributed by atoms with E-state index in [1.54, 1.807) is 0 Å². The zero-order valence-electron chi connectivity index (χ0n) is 4.03. The maximum Gasteiger partial charge on any atom is 0.00342 e. The van der Waals surface area contributed by atoms with Crippen LogP contribution >= 0.6 is 31.9 Å². The topological polar surface area (TPSA) is 0 Å². The molecule has 0 saturated heterocycles. The van der Waals surface area contributed by atoms with Gasteiger partial charge in [0.05, 0.1) is 0 Å². The van der Waals surface area contributed by atoms with Gasteiger partial charge in [-0.15, -0.1) is 0 Å². The molecule has 0 amide bonds. The fraction of sp³-hybridized carbons (Fsp3) is 0.600. The second-order valence-electron chi connectivity index (χ2n) is 1.19. The molecule has 0 aromatic carbocycles. The van der Waals surface area contributed by atoms with E-state index in [-0.39, 0.29) is 0 Å². The van der Waals surface area contributed by atoms with Crippen molar-refractivity contribution in [3.8, 4) is 0 Å². The van der Waals surface area contributed by atoms with Gasteiger partial charge in [0.2, 0.25) is 0 Å². The minimum absolute atomic E-state index is 1.10. The predicted molar refractivity (Wildman–Crippen MR) is 41.1 cm³/mol. The van der Waals surface area contributed by atoms with Gasteiger partial charge < -0.3 is 0 Å². The summed E-state index contributed by atoms with van der Waals surface area (Å²) in [6.07, 6.45) is 4.49. The lowest BCUT2D eigenvalue weighted by Gasteiger charge is -1.82. The van der Waals surface area contributed by atoms with Crippen LogP contribution < -0.4 is 0 Å². The summed E-state index contributed by atoms with van der Waals surface area (Å²) in [7, 11) is 0. The van der Waals surface area contributed by atoms with Gasteiger partial charge in [-0.2, -0.15) is 0 Å². The molecule has 0 aliphatic carbocycles. The molecule has 0 spiro atoms. The van der Waals surface area contributed by atoms with Crippen molar-refractivity contribution < 1.29 is 0 Å². The van der Waals surface area contributed by atoms with E-state index in [1.807, 2.05) is 4.99 Å². The summed E-state index contributed by atoms with van der Waals surface area (Å²) >= 11 is 6.51. The fourth-order valence-electron chi connectivity index (χ4n) is 0.258. The third kappa shape index (κ3) is 6.70. The average molecular weight is 228 g/mol. The predicted octanol–water partition coefficient (Wildman–Crippen LogP) is 3.07. The van der Waals surface area contributed by atoms with Gasteiger partial charge in [-0.05, 0) is 17.8 Å². The Kier molecular flexibility index (Phi) is 7.37. The van der Waals surface area contributed by atoms with Crippen LogP contribution in [0.25, 0.3) is 0 Å². The summed E-state index contributed by atoms with van der Waals surface area (Å²) in [4.78, 5) is 1.90. The van der Waals surface area contributed by atoms with Crippen LogP contribution in [0.4, 0.5) is 0 Å². The molecule has 7 heavy (non-hydrogen) atoms. The summed E-state index contributed by atoms with van der Waals surface area (Å²) in [6.45, 7) is 0. The van der Waals surface area contributed by atoms with Crippen LogP contribution in [0.15, 0.2) is 11.1 Å². The van der Waals surface area contributed by atoms with Crippen LogP contribution in [0.3, 0.4) is 0 Å². The smallest absolute Gasteiger partial charge is 0.00342 e. The van der Waals surface area contributed by atoms with Crippen molar-refractivity contribution in [3.05, 3.63) is 11.1 Å². The van der Waals surface area contributed by atoms with Gasteiger partial charge in [0.1, 0.15) is 0 Å². The van der Waals surface area contributed by atoms with Crippen LogP contribution in [0.1, 0.15) is 12.8 Å². The fourth-order valence-corrected chi connectivity index (χ4v) is 0.846. The van der Waals surface area contributed by atoms with Crippen molar-refractivity contribution >= 4 is 31.9 Å². The summed E-state index contributed by atoms with van der Waals surface area (Å²) in [5.41, 5.74) is 0. The normalized spacial score (nSPS) is 10.6. The summed E-state index contributed by atoms with van der Waals surface area (Å²) in [5.74, 6) is 0. The molecule has 0 unspecified atom stereocenters. The van der Waals surface area contributed by atoms with Crippen molar-refractivity contribution in [1.29, 1.82) is 0 Å². The first kappa shape index (κ1) is 7.70. The Balaban J connectivity index is 2.69. The SMILES string of the molecule is Br/C=C\CCCBr. The van der Waals surface area contributed by atoms with E-state index in [9.17, 15) is 0 Å². The highest BCUT2D eigenvalue weighted by molar-refractivity contribution is 9.11. The first-order valence-corrected chi connectivity index (χ1v) is 4.26. The number of hydrogen-bond acceptors (Lipinski definition) is 0. The average Bonchev–Trinajstić information content (AvgIpc) is 1.69. The number of rotatable bonds is 3. The molecule has 42 valence electrons. The lowest BCUT2D eigenvalue weighted by molar-refractivity contribution is 0.981. The standard InChI is InChI=1S/C5H8Br2/c6-4-2-1-3-5-7/h2,4H,1,3,5H2/b4-2-. The van der Waals surface area contributed by atoms with Crippen LogP contribution in [0.2, 0.25) is 0 Å². The number of hydrogen-bond donors (Lipinski definition) is 0. The zero-order valence-corrected chi connectivity index (χ0v) is 7.20. The highest BCUT2D eigenvalue weighted by Crippen LogP contribution is 1.95. The molecule has 0 bridgehead atoms. The summed E-state index contributed by atoms with van der Waals surface area (Å²) < 4.78 is 0. The van der Waals surface area contributed by atoms with E-state index >= 15 is 0 Å². The molecule has 0 aromatic rings. The number of halogens is 2. The maximum absolute atomic E-state index is 3.33. The molecule has 0 saturated carbocycles. The Morgan fingerprint density at radius 2 is 2.14 bits per heavy atom. The van der Waals surface area contributed by atoms with Gasteiger partial charge in [-0.25, -0.2) is 0 Å². The second-order valence-corrected chi connectivity index (χ2v) is 2.51. The first-order chi connectivity index (χ1) is 3.41. The van der Waals surface area contributed by atoms with Crippen LogP contribution in [-0.4, -0.2) is 5.33 Å². The molecule has 0 aliphatic rings. The molecule has 0 aromatic heterocycles. The van der Waals surface area contributed by atoms with Gasteiger partial charge in [-0.1, -0.05) is 37.9 Å². The molecule has 0 atom stereocenters. The highest BCUT2D eigenvalue weighted by atomic mass is 79.9. The molecule has 0 nitrogen and oxygen atoms in total. The molecule has 0 heterocycles. The Morgan fingerprint density at radius 3 is 2.57 bits per heavy atom. The second kappa shape index (κ2) is 6.70. The van der Waals surface area contributed by atoms with Gasteiger partial charge in [0.15, 0.2) is 0 Å². The van der Waals surface area contributed by atoms with E-state index in [2.05, 4.69) is 37.9 Å². The molecular weight excluding hydrogens is 220 g/mol. The zero-order chi connectivity index (χ0) is 5.54. The molecule has 0 fully saturated rings. The molecule has 0 N–H and O–H groups in total. The quantitative estimate of drug-likeness (QED) is 0.514. The highest BCUT2D eigenvalue weighted by Gasteiger charge is 1.74. The van der Waals surface area contributed by atoms with Crippen LogP contribution in [-0.2, 0) is 0 Å². The molecular formula is C5H8Br2. The molecule has 0 aliphatic heterocycles. The van der Waals surface area contributed by atoms with E-state index in [0.717, 1.165) is 11.8 Å². The first-order valence-electron chi connectivity index (χ1n) is 2.23. The van der Waals surface area contributed by atoms with Crippen molar-refractivity contribution in [3.63, 3.8) is 0 Å². The van der Waals surface area contributed by atoms with Crippen molar-refractivity contribution in [2.24, 2.45) is 0 Å². The Hall–Kier alpha value is 0.700. The minimum atomic E-state index is 1.10. The number of unbranched alkanes of at least 4 members (excludes halogenated alkanes) is 1. The van der Waals surface area contributed by atoms with Gasteiger partial charge in [-0.3, -0.25) is 0 Å². The Labute approximate surface area is 61.2 Å². The van der Waals surface area contributed by atoms with E-state index in [0.29, 0.717) is 0 Å². The summed E-state index contributed by atoms with van der Waals surface area (Å²) in [6, 6.07) is 0. The van der Waals surface area contributed by atoms with Crippen molar-refractivity contribution in [2.45, 2.75) is 12.8 Å². The maximum atomic E-state index is 3.33. The molecule has 0 radical (unpaired) electrons. The number of alkyl halides is 1. The molecule has 0 rings (SSSR count). The molecule has 2 heteroatoms. The minimum Gasteiger partial charge on any atom is -0.0928 e. The third-order valence-electron chi connectivity index (χ3n) is 0.594. The Bertz CT molecular complexity index is 50.0. The van der Waals surface area contributed by atoms with E-state index in [1.165, 1.54) is 6.42 Å². The monoisotopic (exact) mass is 226 g/mol. The largest absolute Gasteiger partial charge is 0.0928 e. The lowest BCUT2D eigenvalue weighted by atomic mass is 10.3. The lowest BCUT2D eigenvalue weighted by Crippen LogP contribution is -1.67. The van der Waals surface area contributed by atoms with Crippen molar-refractivity contribution in [1.82, 2.24) is 0 Å². The Morgan fingerprint density at radius 1 is 1.43 bits per heavy atom.